The molecule has 0 atom stereocenters. The summed E-state index contributed by atoms with van der Waals surface area (Å²) in [5.74, 6) is 0.0127. The van der Waals surface area contributed by atoms with Crippen molar-refractivity contribution in [3.8, 4) is 11.3 Å². The first-order valence-electron chi connectivity index (χ1n) is 5.76. The number of hydrogen-bond donors (Lipinski definition) is 2. The first-order chi connectivity index (χ1) is 9.33. The highest BCUT2D eigenvalue weighted by molar-refractivity contribution is 6.02. The Morgan fingerprint density at radius 1 is 1.26 bits per heavy atom. The van der Waals surface area contributed by atoms with E-state index in [1.54, 1.807) is 24.7 Å². The van der Waals surface area contributed by atoms with Crippen molar-refractivity contribution in [2.45, 2.75) is 0 Å². The molecule has 1 amide bonds. The Kier molecular flexibility index (Phi) is 2.86. The Bertz CT molecular complexity index is 673. The van der Waals surface area contributed by atoms with Gasteiger partial charge in [-0.1, -0.05) is 12.1 Å². The molecular weight excluding hydrogens is 242 g/mol. The molecule has 0 saturated heterocycles. The summed E-state index contributed by atoms with van der Waals surface area (Å²) >= 11 is 0. The Labute approximate surface area is 109 Å². The molecule has 0 unspecified atom stereocenters. The zero-order valence-electron chi connectivity index (χ0n) is 9.96. The number of nitrogens with zero attached hydrogens (tertiary/aromatic N) is 1. The first kappa shape index (κ1) is 11.3. The summed E-state index contributed by atoms with van der Waals surface area (Å²) in [5, 5.41) is 2.78. The predicted octanol–water partition coefficient (Wildman–Crippen LogP) is 2.92. The molecule has 1 aromatic carbocycles. The monoisotopic (exact) mass is 253 g/mol. The quantitative estimate of drug-likeness (QED) is 0.753. The molecule has 0 aliphatic heterocycles. The van der Waals surface area contributed by atoms with Crippen molar-refractivity contribution < 1.29 is 9.21 Å². The number of furan rings is 1. The van der Waals surface area contributed by atoms with E-state index in [0.29, 0.717) is 5.69 Å². The standard InChI is InChI=1S/C14H11N3O2/c18-14(13-5-2-6-19-13)17-11-4-1-3-10(7-11)12-8-15-9-16-12/h1-9H,(H,15,16)(H,17,18). The lowest BCUT2D eigenvalue weighted by molar-refractivity contribution is 0.0996. The lowest BCUT2D eigenvalue weighted by Crippen LogP contribution is -2.10. The number of rotatable bonds is 3. The number of aromatic amines is 1. The van der Waals surface area contributed by atoms with Gasteiger partial charge in [-0.2, -0.15) is 0 Å². The maximum Gasteiger partial charge on any atom is 0.291 e. The second-order valence-electron chi connectivity index (χ2n) is 3.98. The number of anilines is 1. The molecule has 0 saturated carbocycles. The van der Waals surface area contributed by atoms with Gasteiger partial charge >= 0.3 is 0 Å². The Hall–Kier alpha value is -2.82. The summed E-state index contributed by atoms with van der Waals surface area (Å²) in [4.78, 5) is 18.8. The molecule has 0 radical (unpaired) electrons. The van der Waals surface area contributed by atoms with Gasteiger partial charge in [-0.3, -0.25) is 4.79 Å². The van der Waals surface area contributed by atoms with Gasteiger partial charge in [0, 0.05) is 11.3 Å². The molecule has 19 heavy (non-hydrogen) atoms. The number of carbonyl (C=O) groups is 1. The van der Waals surface area contributed by atoms with Crippen LogP contribution in [0.3, 0.4) is 0 Å². The van der Waals surface area contributed by atoms with E-state index in [2.05, 4.69) is 15.3 Å². The zero-order chi connectivity index (χ0) is 13.1. The minimum absolute atomic E-state index is 0.272. The number of amides is 1. The normalized spacial score (nSPS) is 10.3. The van der Waals surface area contributed by atoms with E-state index in [4.69, 9.17) is 4.42 Å². The van der Waals surface area contributed by atoms with Gasteiger partial charge in [-0.05, 0) is 24.3 Å². The summed E-state index contributed by atoms with van der Waals surface area (Å²) in [5.41, 5.74) is 2.55. The highest BCUT2D eigenvalue weighted by Crippen LogP contribution is 2.20. The third-order valence-electron chi connectivity index (χ3n) is 2.67. The Morgan fingerprint density at radius 2 is 2.21 bits per heavy atom. The molecule has 94 valence electrons. The smallest absolute Gasteiger partial charge is 0.291 e. The number of imidazole rings is 1. The molecule has 2 N–H and O–H groups in total. The van der Waals surface area contributed by atoms with Crippen LogP contribution in [0.4, 0.5) is 5.69 Å². The van der Waals surface area contributed by atoms with Gasteiger partial charge < -0.3 is 14.7 Å². The minimum atomic E-state index is -0.272. The summed E-state index contributed by atoms with van der Waals surface area (Å²) in [6.07, 6.45) is 4.81. The summed E-state index contributed by atoms with van der Waals surface area (Å²) in [6, 6.07) is 10.8. The van der Waals surface area contributed by atoms with Crippen LogP contribution in [-0.2, 0) is 0 Å². The van der Waals surface area contributed by atoms with Crippen molar-refractivity contribution in [3.63, 3.8) is 0 Å². The molecule has 5 nitrogen and oxygen atoms in total. The van der Waals surface area contributed by atoms with Gasteiger partial charge in [0.15, 0.2) is 5.76 Å². The van der Waals surface area contributed by atoms with Gasteiger partial charge in [0.1, 0.15) is 0 Å². The van der Waals surface area contributed by atoms with E-state index in [1.165, 1.54) is 6.26 Å². The van der Waals surface area contributed by atoms with Crippen molar-refractivity contribution in [2.75, 3.05) is 5.32 Å². The van der Waals surface area contributed by atoms with Gasteiger partial charge in [-0.25, -0.2) is 4.98 Å². The second kappa shape index (κ2) is 4.81. The molecule has 0 fully saturated rings. The maximum absolute atomic E-state index is 11.8. The van der Waals surface area contributed by atoms with Crippen LogP contribution < -0.4 is 5.32 Å². The van der Waals surface area contributed by atoms with Crippen LogP contribution in [0, 0.1) is 0 Å². The van der Waals surface area contributed by atoms with E-state index < -0.39 is 0 Å². The molecule has 2 aromatic heterocycles. The number of aromatic nitrogens is 2. The van der Waals surface area contributed by atoms with Crippen molar-refractivity contribution in [2.24, 2.45) is 0 Å². The first-order valence-corrected chi connectivity index (χ1v) is 5.76. The molecule has 0 bridgehead atoms. The molecule has 0 aliphatic rings. The average molecular weight is 253 g/mol. The van der Waals surface area contributed by atoms with Crippen LogP contribution in [0.25, 0.3) is 11.3 Å². The number of hydrogen-bond acceptors (Lipinski definition) is 3. The fourth-order valence-corrected chi connectivity index (χ4v) is 1.78. The van der Waals surface area contributed by atoms with Crippen LogP contribution in [0.15, 0.2) is 59.6 Å². The number of nitrogens with one attached hydrogen (secondary N) is 2. The molecule has 0 aliphatic carbocycles. The van der Waals surface area contributed by atoms with Gasteiger partial charge in [-0.15, -0.1) is 0 Å². The van der Waals surface area contributed by atoms with Gasteiger partial charge in [0.25, 0.3) is 5.91 Å². The third-order valence-corrected chi connectivity index (χ3v) is 2.67. The Morgan fingerprint density at radius 3 is 2.95 bits per heavy atom. The van der Waals surface area contributed by atoms with E-state index in [1.807, 2.05) is 24.3 Å². The van der Waals surface area contributed by atoms with E-state index in [9.17, 15) is 4.79 Å². The van der Waals surface area contributed by atoms with Crippen LogP contribution in [0.5, 0.6) is 0 Å². The van der Waals surface area contributed by atoms with Crippen LogP contribution in [-0.4, -0.2) is 15.9 Å². The van der Waals surface area contributed by atoms with Crippen molar-refractivity contribution in [1.29, 1.82) is 0 Å². The van der Waals surface area contributed by atoms with Gasteiger partial charge in [0.05, 0.1) is 24.5 Å². The van der Waals surface area contributed by atoms with Gasteiger partial charge in [0.2, 0.25) is 0 Å². The van der Waals surface area contributed by atoms with E-state index >= 15 is 0 Å². The highest BCUT2D eigenvalue weighted by Gasteiger charge is 2.09. The summed E-state index contributed by atoms with van der Waals surface area (Å²) in [6.45, 7) is 0. The largest absolute Gasteiger partial charge is 0.459 e. The van der Waals surface area contributed by atoms with Crippen molar-refractivity contribution in [3.05, 3.63) is 60.9 Å². The van der Waals surface area contributed by atoms with E-state index in [0.717, 1.165) is 11.3 Å². The van der Waals surface area contributed by atoms with Crippen molar-refractivity contribution in [1.82, 2.24) is 9.97 Å². The number of H-pyrrole nitrogens is 1. The SMILES string of the molecule is O=C(Nc1cccc(-c2cnc[nH]2)c1)c1ccco1. The summed E-state index contributed by atoms with van der Waals surface area (Å²) in [7, 11) is 0. The van der Waals surface area contributed by atoms with Crippen LogP contribution in [0.2, 0.25) is 0 Å². The lowest BCUT2D eigenvalue weighted by Gasteiger charge is -2.05. The average Bonchev–Trinajstić information content (AvgIpc) is 3.13. The second-order valence-corrected chi connectivity index (χ2v) is 3.98. The van der Waals surface area contributed by atoms with Crippen LogP contribution in [0.1, 0.15) is 10.6 Å². The molecule has 0 spiro atoms. The fraction of sp³-hybridized carbons (Fsp3) is 0. The molecule has 3 rings (SSSR count). The Balaban J connectivity index is 1.82. The van der Waals surface area contributed by atoms with Crippen LogP contribution >= 0.6 is 0 Å². The fourth-order valence-electron chi connectivity index (χ4n) is 1.78. The molecule has 2 heterocycles. The van der Waals surface area contributed by atoms with E-state index in [-0.39, 0.29) is 11.7 Å². The topological polar surface area (TPSA) is 70.9 Å². The number of benzene rings is 1. The molecule has 5 heteroatoms. The zero-order valence-corrected chi connectivity index (χ0v) is 9.96. The minimum Gasteiger partial charge on any atom is -0.459 e. The third kappa shape index (κ3) is 2.40. The maximum atomic E-state index is 11.8. The highest BCUT2D eigenvalue weighted by atomic mass is 16.3. The predicted molar refractivity (Wildman–Crippen MR) is 70.7 cm³/mol. The van der Waals surface area contributed by atoms with Crippen molar-refractivity contribution >= 4 is 11.6 Å². The molecular formula is C14H11N3O2. The molecule has 3 aromatic rings. The number of carbonyl (C=O) groups excluding carboxylic acids is 1. The summed E-state index contributed by atoms with van der Waals surface area (Å²) < 4.78 is 5.04. The lowest BCUT2D eigenvalue weighted by atomic mass is 10.1.